The molecule has 0 unspecified atom stereocenters. The van der Waals surface area contributed by atoms with E-state index in [9.17, 15) is 14.3 Å². The first kappa shape index (κ1) is 19.3. The first-order valence-corrected chi connectivity index (χ1v) is 9.31. The number of nitrogens with one attached hydrogen (secondary N) is 2. The van der Waals surface area contributed by atoms with Gasteiger partial charge in [0.25, 0.3) is 0 Å². The Hall–Kier alpha value is -2.45. The van der Waals surface area contributed by atoms with E-state index in [4.69, 9.17) is 0 Å². The lowest BCUT2D eigenvalue weighted by atomic mass is 10.0. The fourth-order valence-corrected chi connectivity index (χ4v) is 3.37. The van der Waals surface area contributed by atoms with Crippen molar-refractivity contribution in [2.75, 3.05) is 31.6 Å². The van der Waals surface area contributed by atoms with Crippen LogP contribution in [0.2, 0.25) is 0 Å². The summed E-state index contributed by atoms with van der Waals surface area (Å²) in [5.74, 6) is -0.279. The van der Waals surface area contributed by atoms with Crippen molar-refractivity contribution in [1.29, 1.82) is 0 Å². The normalized spacial score (nSPS) is 17.6. The zero-order chi connectivity index (χ0) is 19.1. The zero-order valence-corrected chi connectivity index (χ0v) is 15.3. The summed E-state index contributed by atoms with van der Waals surface area (Å²) in [6, 6.07) is 6.43. The second kappa shape index (κ2) is 9.48. The molecule has 1 fully saturated rings. The Balaban J connectivity index is 1.43. The minimum Gasteiger partial charge on any atom is -0.395 e. The Morgan fingerprint density at radius 2 is 2.19 bits per heavy atom. The van der Waals surface area contributed by atoms with Gasteiger partial charge in [-0.1, -0.05) is 24.6 Å². The van der Waals surface area contributed by atoms with Gasteiger partial charge in [-0.05, 0) is 25.5 Å². The highest BCUT2D eigenvalue weighted by Crippen LogP contribution is 2.15. The van der Waals surface area contributed by atoms with E-state index in [2.05, 4.69) is 20.6 Å². The smallest absolute Gasteiger partial charge is 0.319 e. The highest BCUT2D eigenvalue weighted by Gasteiger charge is 2.21. The second-order valence-electron chi connectivity index (χ2n) is 6.77. The number of carbonyl (C=O) groups excluding carboxylic acids is 1. The number of aliphatic hydroxyl groups excluding tert-OH is 1. The summed E-state index contributed by atoms with van der Waals surface area (Å²) in [5.41, 5.74) is 1.09. The molecule has 7 nitrogen and oxygen atoms in total. The molecule has 2 aromatic rings. The van der Waals surface area contributed by atoms with Crippen molar-refractivity contribution in [3.8, 4) is 0 Å². The molecular weight excluding hydrogens is 349 g/mol. The highest BCUT2D eigenvalue weighted by atomic mass is 19.1. The van der Waals surface area contributed by atoms with Crippen LogP contribution in [-0.4, -0.2) is 58.1 Å². The Labute approximate surface area is 158 Å². The Morgan fingerprint density at radius 3 is 3.00 bits per heavy atom. The molecule has 8 heteroatoms. The fraction of sp³-hybridized carbons (Fsp3) is 0.474. The number of aromatic nitrogens is 2. The number of anilines is 1. The third-order valence-corrected chi connectivity index (χ3v) is 4.83. The lowest BCUT2D eigenvalue weighted by molar-refractivity contribution is 0.0917. The minimum atomic E-state index is -0.307. The van der Waals surface area contributed by atoms with E-state index < -0.39 is 0 Å². The molecule has 0 radical (unpaired) electrons. The monoisotopic (exact) mass is 375 g/mol. The quantitative estimate of drug-likeness (QED) is 0.692. The zero-order valence-electron chi connectivity index (χ0n) is 15.3. The van der Waals surface area contributed by atoms with Gasteiger partial charge in [-0.15, -0.1) is 0 Å². The molecule has 3 rings (SSSR count). The Kier molecular flexibility index (Phi) is 6.78. The van der Waals surface area contributed by atoms with Gasteiger partial charge in [0.1, 0.15) is 5.82 Å². The van der Waals surface area contributed by atoms with Crippen LogP contribution >= 0.6 is 0 Å². The molecule has 0 spiro atoms. The van der Waals surface area contributed by atoms with Gasteiger partial charge >= 0.3 is 6.03 Å². The lowest BCUT2D eigenvalue weighted by Gasteiger charge is -2.34. The molecule has 3 N–H and O–H groups in total. The Bertz CT molecular complexity index is 751. The summed E-state index contributed by atoms with van der Waals surface area (Å²) in [5, 5.41) is 19.1. The fourth-order valence-electron chi connectivity index (χ4n) is 3.37. The molecule has 2 heterocycles. The van der Waals surface area contributed by atoms with Gasteiger partial charge in [0.15, 0.2) is 0 Å². The van der Waals surface area contributed by atoms with Crippen molar-refractivity contribution in [3.63, 3.8) is 0 Å². The van der Waals surface area contributed by atoms with E-state index in [1.54, 1.807) is 29.1 Å². The van der Waals surface area contributed by atoms with Crippen LogP contribution in [0.15, 0.2) is 36.7 Å². The molecular formula is C19H26FN5O2. The minimum absolute atomic E-state index is 0.160. The summed E-state index contributed by atoms with van der Waals surface area (Å²) in [6.45, 7) is 2.63. The molecule has 1 saturated heterocycles. The van der Waals surface area contributed by atoms with Gasteiger partial charge in [0, 0.05) is 30.9 Å². The first-order chi connectivity index (χ1) is 13.2. The van der Waals surface area contributed by atoms with E-state index in [1.807, 2.05) is 0 Å². The molecule has 1 aromatic heterocycles. The third kappa shape index (κ3) is 5.51. The number of benzene rings is 1. The van der Waals surface area contributed by atoms with Crippen LogP contribution in [-0.2, 0) is 6.54 Å². The second-order valence-corrected chi connectivity index (χ2v) is 6.77. The number of carbonyl (C=O) groups is 1. The highest BCUT2D eigenvalue weighted by molar-refractivity contribution is 5.88. The molecule has 0 aliphatic carbocycles. The molecule has 1 aliphatic heterocycles. The van der Waals surface area contributed by atoms with Crippen LogP contribution in [0.25, 0.3) is 0 Å². The third-order valence-electron chi connectivity index (χ3n) is 4.83. The number of nitrogens with zero attached hydrogens (tertiary/aromatic N) is 3. The average molecular weight is 375 g/mol. The topological polar surface area (TPSA) is 82.4 Å². The number of aliphatic hydroxyl groups is 1. The summed E-state index contributed by atoms with van der Waals surface area (Å²) < 4.78 is 15.3. The molecule has 1 atom stereocenters. The number of urea groups is 1. The summed E-state index contributed by atoms with van der Waals surface area (Å²) in [6.07, 6.45) is 6.48. The van der Waals surface area contributed by atoms with E-state index in [0.29, 0.717) is 30.9 Å². The van der Waals surface area contributed by atoms with Crippen molar-refractivity contribution in [3.05, 3.63) is 48.0 Å². The lowest BCUT2D eigenvalue weighted by Crippen LogP contribution is -2.46. The van der Waals surface area contributed by atoms with Gasteiger partial charge in [-0.25, -0.2) is 9.18 Å². The van der Waals surface area contributed by atoms with Crippen LogP contribution in [0.3, 0.4) is 0 Å². The molecule has 0 bridgehead atoms. The van der Waals surface area contributed by atoms with Crippen molar-refractivity contribution in [2.24, 2.45) is 0 Å². The maximum atomic E-state index is 13.7. The number of amides is 2. The maximum Gasteiger partial charge on any atom is 0.319 e. The summed E-state index contributed by atoms with van der Waals surface area (Å²) in [4.78, 5) is 14.3. The summed E-state index contributed by atoms with van der Waals surface area (Å²) in [7, 11) is 0. The predicted octanol–water partition coefficient (Wildman–Crippen LogP) is 2.04. The molecule has 1 aliphatic rings. The number of likely N-dealkylation sites (tertiary alicyclic amines) is 1. The summed E-state index contributed by atoms with van der Waals surface area (Å²) >= 11 is 0. The van der Waals surface area contributed by atoms with Crippen LogP contribution in [0, 0.1) is 5.82 Å². The maximum absolute atomic E-state index is 13.7. The van der Waals surface area contributed by atoms with Crippen LogP contribution < -0.4 is 10.6 Å². The van der Waals surface area contributed by atoms with Gasteiger partial charge in [0.2, 0.25) is 0 Å². The number of piperidine rings is 1. The van der Waals surface area contributed by atoms with Crippen molar-refractivity contribution in [2.45, 2.75) is 31.8 Å². The number of rotatable bonds is 7. The number of hydrogen-bond acceptors (Lipinski definition) is 4. The van der Waals surface area contributed by atoms with Gasteiger partial charge in [-0.2, -0.15) is 5.10 Å². The van der Waals surface area contributed by atoms with E-state index >= 15 is 0 Å². The van der Waals surface area contributed by atoms with Crippen LogP contribution in [0.4, 0.5) is 14.9 Å². The number of hydrogen-bond donors (Lipinski definition) is 3. The van der Waals surface area contributed by atoms with Gasteiger partial charge in [-0.3, -0.25) is 9.58 Å². The largest absolute Gasteiger partial charge is 0.395 e. The van der Waals surface area contributed by atoms with Crippen molar-refractivity contribution < 1.29 is 14.3 Å². The Morgan fingerprint density at radius 1 is 1.33 bits per heavy atom. The number of halogens is 1. The molecule has 1 aromatic carbocycles. The molecule has 0 saturated carbocycles. The van der Waals surface area contributed by atoms with Crippen molar-refractivity contribution in [1.82, 2.24) is 20.0 Å². The van der Waals surface area contributed by atoms with E-state index in [0.717, 1.165) is 25.8 Å². The molecule has 2 amide bonds. The van der Waals surface area contributed by atoms with Crippen LogP contribution in [0.1, 0.15) is 24.8 Å². The standard InChI is InChI=1S/C19H26FN5O2/c20-18-7-2-1-5-15(18)12-25-13-16(11-22-25)23-19(27)21-8-10-24-9-4-3-6-17(24)14-26/h1-2,5,7,11,13,17,26H,3-4,6,8-10,12,14H2,(H2,21,23,27)/t17-/m0/s1. The van der Waals surface area contributed by atoms with E-state index in [-0.39, 0.29) is 24.5 Å². The van der Waals surface area contributed by atoms with Crippen LogP contribution in [0.5, 0.6) is 0 Å². The van der Waals surface area contributed by atoms with Gasteiger partial charge < -0.3 is 15.7 Å². The van der Waals surface area contributed by atoms with E-state index in [1.165, 1.54) is 12.3 Å². The first-order valence-electron chi connectivity index (χ1n) is 9.31. The van der Waals surface area contributed by atoms with Crippen molar-refractivity contribution >= 4 is 11.7 Å². The molecule has 27 heavy (non-hydrogen) atoms. The van der Waals surface area contributed by atoms with Gasteiger partial charge in [0.05, 0.1) is 25.0 Å². The molecule has 146 valence electrons. The average Bonchev–Trinajstić information content (AvgIpc) is 3.11. The predicted molar refractivity (Wildman–Crippen MR) is 101 cm³/mol. The SMILES string of the molecule is O=C(NCCN1CCCC[C@H]1CO)Nc1cnn(Cc2ccccc2F)c1.